The Bertz CT molecular complexity index is 1230. The van der Waals surface area contributed by atoms with Crippen LogP contribution >= 0.6 is 0 Å². The molecular formula is C25H26N2O6S. The summed E-state index contributed by atoms with van der Waals surface area (Å²) in [5.41, 5.74) is 1.21. The van der Waals surface area contributed by atoms with Crippen molar-refractivity contribution < 1.29 is 27.8 Å². The van der Waals surface area contributed by atoms with Gasteiger partial charge in [-0.2, -0.15) is 4.72 Å². The molecule has 1 heterocycles. The molecule has 178 valence electrons. The van der Waals surface area contributed by atoms with E-state index in [1.165, 1.54) is 6.07 Å². The number of hydrogen-bond acceptors (Lipinski definition) is 6. The van der Waals surface area contributed by atoms with E-state index in [0.29, 0.717) is 24.5 Å². The van der Waals surface area contributed by atoms with Gasteiger partial charge in [0.2, 0.25) is 10.0 Å². The van der Waals surface area contributed by atoms with Gasteiger partial charge >= 0.3 is 5.97 Å². The average Bonchev–Trinajstić information content (AvgIpc) is 3.38. The Hall–Kier alpha value is -3.40. The van der Waals surface area contributed by atoms with E-state index in [1.54, 1.807) is 24.3 Å². The summed E-state index contributed by atoms with van der Waals surface area (Å²) in [4.78, 5) is 13.5. The van der Waals surface area contributed by atoms with Crippen molar-refractivity contribution in [2.45, 2.75) is 24.3 Å². The fourth-order valence-electron chi connectivity index (χ4n) is 3.75. The van der Waals surface area contributed by atoms with Gasteiger partial charge in [-0.1, -0.05) is 48.5 Å². The number of aromatic carboxylic acids is 1. The predicted molar refractivity (Wildman–Crippen MR) is 128 cm³/mol. The first-order chi connectivity index (χ1) is 16.4. The number of carbonyl (C=O) groups is 1. The number of benzene rings is 3. The van der Waals surface area contributed by atoms with Crippen LogP contribution in [0.3, 0.4) is 0 Å². The average molecular weight is 483 g/mol. The maximum atomic E-state index is 13.3. The van der Waals surface area contributed by atoms with Crippen molar-refractivity contribution in [3.8, 4) is 11.5 Å². The van der Waals surface area contributed by atoms with Crippen LogP contribution in [0, 0.1) is 0 Å². The Balaban J connectivity index is 1.67. The molecule has 3 aromatic carbocycles. The quantitative estimate of drug-likeness (QED) is 0.329. The highest BCUT2D eigenvalue weighted by molar-refractivity contribution is 7.89. The zero-order chi connectivity index (χ0) is 24.0. The van der Waals surface area contributed by atoms with Gasteiger partial charge in [0.15, 0.2) is 5.75 Å². The minimum Gasteiger partial charge on any atom is -0.478 e. The fourth-order valence-corrected chi connectivity index (χ4v) is 4.82. The molecule has 1 fully saturated rings. The summed E-state index contributed by atoms with van der Waals surface area (Å²) in [5, 5.41) is 9.66. The van der Waals surface area contributed by atoms with Crippen LogP contribution in [0.5, 0.6) is 11.5 Å². The molecule has 2 N–H and O–H groups in total. The molecule has 9 heteroatoms. The summed E-state index contributed by atoms with van der Waals surface area (Å²) < 4.78 is 40.6. The number of carboxylic acid groups (broad SMARTS) is 1. The highest BCUT2D eigenvalue weighted by Crippen LogP contribution is 2.40. The minimum atomic E-state index is -4.16. The number of sulfonamides is 1. The topological polar surface area (TPSA) is 105 Å². The smallest absolute Gasteiger partial charge is 0.335 e. The summed E-state index contributed by atoms with van der Waals surface area (Å²) in [5.74, 6) is -0.681. The van der Waals surface area contributed by atoms with E-state index in [2.05, 4.69) is 4.72 Å². The molecule has 0 aromatic heterocycles. The number of rotatable bonds is 10. The third-order valence-electron chi connectivity index (χ3n) is 5.44. The maximum Gasteiger partial charge on any atom is 0.335 e. The second-order valence-electron chi connectivity index (χ2n) is 7.86. The highest BCUT2D eigenvalue weighted by Gasteiger charge is 2.29. The molecule has 0 atom stereocenters. The predicted octanol–water partition coefficient (Wildman–Crippen LogP) is 4.23. The molecule has 1 saturated heterocycles. The lowest BCUT2D eigenvalue weighted by atomic mass is 10.1. The van der Waals surface area contributed by atoms with Gasteiger partial charge in [0.05, 0.1) is 17.9 Å². The Kier molecular flexibility index (Phi) is 7.46. The second-order valence-corrected chi connectivity index (χ2v) is 9.60. The van der Waals surface area contributed by atoms with Crippen molar-refractivity contribution in [2.75, 3.05) is 24.7 Å². The van der Waals surface area contributed by atoms with Crippen molar-refractivity contribution in [3.05, 3.63) is 83.9 Å². The lowest BCUT2D eigenvalue weighted by molar-refractivity contribution is 0.0696. The minimum absolute atomic E-state index is 0.0914. The Morgan fingerprint density at radius 2 is 1.62 bits per heavy atom. The molecule has 1 aliphatic rings. The van der Waals surface area contributed by atoms with Crippen molar-refractivity contribution in [2.24, 2.45) is 0 Å². The molecule has 0 unspecified atom stereocenters. The van der Waals surface area contributed by atoms with Crippen LogP contribution in [-0.2, 0) is 21.4 Å². The molecule has 4 rings (SSSR count). The number of ether oxygens (including phenoxy) is 2. The van der Waals surface area contributed by atoms with Gasteiger partial charge in [-0.15, -0.1) is 0 Å². The van der Waals surface area contributed by atoms with Crippen molar-refractivity contribution in [1.82, 2.24) is 4.72 Å². The van der Waals surface area contributed by atoms with E-state index in [9.17, 15) is 18.3 Å². The van der Waals surface area contributed by atoms with Crippen LogP contribution in [0.4, 0.5) is 5.69 Å². The second kappa shape index (κ2) is 10.7. The first-order valence-corrected chi connectivity index (χ1v) is 12.4. The molecule has 0 saturated carbocycles. The molecule has 34 heavy (non-hydrogen) atoms. The van der Waals surface area contributed by atoms with Crippen LogP contribution in [0.25, 0.3) is 0 Å². The van der Waals surface area contributed by atoms with E-state index in [0.717, 1.165) is 24.5 Å². The Morgan fingerprint density at radius 3 is 2.26 bits per heavy atom. The van der Waals surface area contributed by atoms with Crippen molar-refractivity contribution in [3.63, 3.8) is 0 Å². The molecule has 1 aliphatic heterocycles. The standard InChI is InChI=1S/C25H26N2O6S/c28-25(29)20-15-22(27-13-7-8-14-27)24(33-21-11-5-2-6-12-21)23(16-20)34(30,31)26-18-32-17-19-9-3-1-4-10-19/h1-6,9-12,15-16,26H,7-8,13-14,17-18H2,(H,28,29). The monoisotopic (exact) mass is 482 g/mol. The molecule has 0 amide bonds. The molecule has 3 aromatic rings. The number of carboxylic acids is 1. The molecule has 0 radical (unpaired) electrons. The number of nitrogens with one attached hydrogen (secondary N) is 1. The van der Waals surface area contributed by atoms with E-state index in [-0.39, 0.29) is 29.5 Å². The van der Waals surface area contributed by atoms with Crippen LogP contribution in [0.1, 0.15) is 28.8 Å². The van der Waals surface area contributed by atoms with E-state index in [4.69, 9.17) is 9.47 Å². The number of nitrogens with zero attached hydrogens (tertiary/aromatic N) is 1. The van der Waals surface area contributed by atoms with E-state index < -0.39 is 16.0 Å². The molecule has 8 nitrogen and oxygen atoms in total. The zero-order valence-electron chi connectivity index (χ0n) is 18.5. The van der Waals surface area contributed by atoms with Gasteiger partial charge in [0.1, 0.15) is 17.4 Å². The Morgan fingerprint density at radius 1 is 0.971 bits per heavy atom. The Labute approximate surface area is 198 Å². The van der Waals surface area contributed by atoms with Crippen LogP contribution in [0.15, 0.2) is 77.7 Å². The lowest BCUT2D eigenvalue weighted by Crippen LogP contribution is -2.28. The number of anilines is 1. The van der Waals surface area contributed by atoms with Crippen molar-refractivity contribution >= 4 is 21.7 Å². The molecular weight excluding hydrogens is 456 g/mol. The summed E-state index contributed by atoms with van der Waals surface area (Å²) in [6.45, 7) is 1.31. The highest BCUT2D eigenvalue weighted by atomic mass is 32.2. The summed E-state index contributed by atoms with van der Waals surface area (Å²) in [6.07, 6.45) is 1.85. The third kappa shape index (κ3) is 5.74. The van der Waals surface area contributed by atoms with Crippen LogP contribution in [0.2, 0.25) is 0 Å². The molecule has 0 aliphatic carbocycles. The number of para-hydroxylation sites is 1. The third-order valence-corrected chi connectivity index (χ3v) is 6.82. The van der Waals surface area contributed by atoms with E-state index >= 15 is 0 Å². The van der Waals surface area contributed by atoms with Gasteiger partial charge in [-0.3, -0.25) is 0 Å². The SMILES string of the molecule is O=C(O)c1cc(N2CCCC2)c(Oc2ccccc2)c(S(=O)(=O)NCOCc2ccccc2)c1. The van der Waals surface area contributed by atoms with E-state index in [1.807, 2.05) is 41.3 Å². The summed E-state index contributed by atoms with van der Waals surface area (Å²) >= 11 is 0. The van der Waals surface area contributed by atoms with Crippen LogP contribution in [-0.4, -0.2) is 39.3 Å². The molecule has 0 bridgehead atoms. The van der Waals surface area contributed by atoms with Gasteiger partial charge in [-0.05, 0) is 42.7 Å². The van der Waals surface area contributed by atoms with Gasteiger partial charge in [-0.25, -0.2) is 13.2 Å². The summed E-state index contributed by atoms with van der Waals surface area (Å²) in [7, 11) is -4.16. The zero-order valence-corrected chi connectivity index (χ0v) is 19.3. The summed E-state index contributed by atoms with van der Waals surface area (Å²) in [6, 6.07) is 20.8. The van der Waals surface area contributed by atoms with Gasteiger partial charge in [0, 0.05) is 13.1 Å². The van der Waals surface area contributed by atoms with Gasteiger partial charge in [0.25, 0.3) is 0 Å². The normalized spacial score (nSPS) is 13.7. The fraction of sp³-hybridized carbons (Fsp3) is 0.240. The first-order valence-electron chi connectivity index (χ1n) is 10.9. The maximum absolute atomic E-state index is 13.3. The van der Waals surface area contributed by atoms with Gasteiger partial charge < -0.3 is 19.5 Å². The van der Waals surface area contributed by atoms with Crippen LogP contribution < -0.4 is 14.4 Å². The molecule has 0 spiro atoms. The van der Waals surface area contributed by atoms with Crippen molar-refractivity contribution in [1.29, 1.82) is 0 Å². The first kappa shape index (κ1) is 23.7. The number of hydrogen-bond donors (Lipinski definition) is 2. The lowest BCUT2D eigenvalue weighted by Gasteiger charge is -2.24. The largest absolute Gasteiger partial charge is 0.478 e.